The molecular weight excluding hydrogens is 336 g/mol. The zero-order chi connectivity index (χ0) is 18.0. The Morgan fingerprint density at radius 3 is 2.77 bits per heavy atom. The van der Waals surface area contributed by atoms with Crippen LogP contribution in [0.25, 0.3) is 5.95 Å². The average Bonchev–Trinajstić information content (AvgIpc) is 3.36. The van der Waals surface area contributed by atoms with Crippen molar-refractivity contribution in [3.05, 3.63) is 54.4 Å². The van der Waals surface area contributed by atoms with Crippen LogP contribution in [-0.4, -0.2) is 60.2 Å². The fourth-order valence-corrected chi connectivity index (χ4v) is 3.19. The number of carbonyl (C=O) groups excluding carboxylic acids is 1. The van der Waals surface area contributed by atoms with Crippen LogP contribution in [0.1, 0.15) is 22.6 Å². The summed E-state index contributed by atoms with van der Waals surface area (Å²) in [4.78, 5) is 17.0. The maximum atomic E-state index is 12.8. The van der Waals surface area contributed by atoms with E-state index in [0.29, 0.717) is 19.5 Å². The second-order valence-corrected chi connectivity index (χ2v) is 6.11. The molecule has 3 heterocycles. The van der Waals surface area contributed by atoms with E-state index in [2.05, 4.69) is 36.0 Å². The highest BCUT2D eigenvalue weighted by Gasteiger charge is 2.43. The van der Waals surface area contributed by atoms with Gasteiger partial charge in [0.25, 0.3) is 11.9 Å². The lowest BCUT2D eigenvalue weighted by Crippen LogP contribution is -2.61. The van der Waals surface area contributed by atoms with Crippen molar-refractivity contribution >= 4 is 5.91 Å². The van der Waals surface area contributed by atoms with Gasteiger partial charge in [-0.3, -0.25) is 14.5 Å². The van der Waals surface area contributed by atoms with Crippen LogP contribution < -0.4 is 10.6 Å². The Labute approximate surface area is 148 Å². The summed E-state index contributed by atoms with van der Waals surface area (Å²) in [7, 11) is 0. The molecule has 2 atom stereocenters. The predicted octanol–water partition coefficient (Wildman–Crippen LogP) is -0.635. The van der Waals surface area contributed by atoms with Crippen molar-refractivity contribution in [2.24, 2.45) is 0 Å². The molecule has 0 aliphatic carbocycles. The lowest BCUT2D eigenvalue weighted by molar-refractivity contribution is 0.0286. The van der Waals surface area contributed by atoms with Crippen molar-refractivity contribution < 1.29 is 9.90 Å². The number of carbonyl (C=O) groups is 1. The molecule has 0 bridgehead atoms. The number of H-pyrrole nitrogens is 1. The normalized spacial score (nSPS) is 22.9. The Balaban J connectivity index is 1.63. The van der Waals surface area contributed by atoms with Crippen LogP contribution in [0.2, 0.25) is 0 Å². The molecule has 10 nitrogen and oxygen atoms in total. The number of aromatic nitrogens is 6. The number of aromatic amines is 1. The zero-order valence-corrected chi connectivity index (χ0v) is 13.8. The highest BCUT2D eigenvalue weighted by Crippen LogP contribution is 2.31. The molecule has 0 unspecified atom stereocenters. The molecule has 0 radical (unpaired) electrons. The standard InChI is InChI=1S/C16H18N8O2/c25-12-8-17-7-6-16(12,11-4-2-1-3-5-11)21-14(26)13-20-15(23-22-13)24-9-18-19-10-24/h1-5,9-10,12,17,25H,6-8H2,(H,21,26)(H,20,22,23)/t12-,16+/m1/s1. The Kier molecular flexibility index (Phi) is 4.19. The first-order valence-electron chi connectivity index (χ1n) is 8.23. The number of piperidine rings is 1. The molecule has 26 heavy (non-hydrogen) atoms. The molecule has 4 N–H and O–H groups in total. The number of benzene rings is 1. The van der Waals surface area contributed by atoms with Crippen molar-refractivity contribution in [2.75, 3.05) is 13.1 Å². The van der Waals surface area contributed by atoms with E-state index in [1.165, 1.54) is 17.2 Å². The average molecular weight is 354 g/mol. The van der Waals surface area contributed by atoms with E-state index in [-0.39, 0.29) is 11.8 Å². The minimum absolute atomic E-state index is 0.0507. The molecule has 4 rings (SSSR count). The van der Waals surface area contributed by atoms with E-state index < -0.39 is 17.6 Å². The second kappa shape index (κ2) is 6.65. The zero-order valence-electron chi connectivity index (χ0n) is 13.8. The number of hydrogen-bond acceptors (Lipinski definition) is 7. The summed E-state index contributed by atoms with van der Waals surface area (Å²) < 4.78 is 1.49. The minimum Gasteiger partial charge on any atom is -0.389 e. The van der Waals surface area contributed by atoms with Crippen molar-refractivity contribution in [1.82, 2.24) is 40.6 Å². The first kappa shape index (κ1) is 16.4. The molecule has 10 heteroatoms. The molecule has 1 aromatic carbocycles. The highest BCUT2D eigenvalue weighted by molar-refractivity contribution is 5.91. The van der Waals surface area contributed by atoms with Gasteiger partial charge >= 0.3 is 0 Å². The maximum Gasteiger partial charge on any atom is 0.289 e. The smallest absolute Gasteiger partial charge is 0.289 e. The quantitative estimate of drug-likeness (QED) is 0.490. The van der Waals surface area contributed by atoms with Gasteiger partial charge in [-0.05, 0) is 18.5 Å². The summed E-state index contributed by atoms with van der Waals surface area (Å²) >= 11 is 0. The summed E-state index contributed by atoms with van der Waals surface area (Å²) in [5, 5.41) is 30.8. The van der Waals surface area contributed by atoms with Crippen molar-refractivity contribution in [3.63, 3.8) is 0 Å². The van der Waals surface area contributed by atoms with Crippen molar-refractivity contribution in [3.8, 4) is 5.95 Å². The van der Waals surface area contributed by atoms with Crippen LogP contribution in [0, 0.1) is 0 Å². The summed E-state index contributed by atoms with van der Waals surface area (Å²) in [6, 6.07) is 9.47. The largest absolute Gasteiger partial charge is 0.389 e. The van der Waals surface area contributed by atoms with Crippen LogP contribution in [0.15, 0.2) is 43.0 Å². The van der Waals surface area contributed by atoms with Crippen LogP contribution in [0.4, 0.5) is 0 Å². The van der Waals surface area contributed by atoms with E-state index in [4.69, 9.17) is 0 Å². The third-order valence-corrected chi connectivity index (χ3v) is 4.57. The molecule has 1 saturated heterocycles. The monoisotopic (exact) mass is 354 g/mol. The van der Waals surface area contributed by atoms with Gasteiger partial charge in [-0.25, -0.2) is 0 Å². The Bertz CT molecular complexity index is 879. The topological polar surface area (TPSA) is 134 Å². The third-order valence-electron chi connectivity index (χ3n) is 4.57. The lowest BCUT2D eigenvalue weighted by atomic mass is 9.79. The molecule has 1 amide bonds. The van der Waals surface area contributed by atoms with Crippen LogP contribution >= 0.6 is 0 Å². The van der Waals surface area contributed by atoms with Gasteiger partial charge in [0.2, 0.25) is 5.82 Å². The number of β-amino-alcohol motifs (C(OH)–C–C–N with tert-alkyl or cyclic N) is 1. The molecule has 0 saturated carbocycles. The predicted molar refractivity (Wildman–Crippen MR) is 90.4 cm³/mol. The van der Waals surface area contributed by atoms with Crippen molar-refractivity contribution in [1.29, 1.82) is 0 Å². The summed E-state index contributed by atoms with van der Waals surface area (Å²) in [6.07, 6.45) is 2.65. The molecule has 1 aliphatic rings. The number of aliphatic hydroxyl groups excluding tert-OH is 1. The molecule has 1 aliphatic heterocycles. The molecule has 1 fully saturated rings. The van der Waals surface area contributed by atoms with Crippen molar-refractivity contribution in [2.45, 2.75) is 18.1 Å². The first-order chi connectivity index (χ1) is 12.7. The van der Waals surface area contributed by atoms with Gasteiger partial charge in [-0.2, -0.15) is 4.98 Å². The third kappa shape index (κ3) is 2.85. The van der Waals surface area contributed by atoms with Crippen LogP contribution in [0.3, 0.4) is 0 Å². The summed E-state index contributed by atoms with van der Waals surface area (Å²) in [5.74, 6) is -0.129. The van der Waals surface area contributed by atoms with E-state index >= 15 is 0 Å². The number of nitrogens with zero attached hydrogens (tertiary/aromatic N) is 5. The van der Waals surface area contributed by atoms with E-state index in [1.54, 1.807) is 0 Å². The molecule has 2 aromatic heterocycles. The lowest BCUT2D eigenvalue weighted by Gasteiger charge is -2.42. The number of nitrogens with one attached hydrogen (secondary N) is 3. The Morgan fingerprint density at radius 1 is 1.27 bits per heavy atom. The molecule has 3 aromatic rings. The summed E-state index contributed by atoms with van der Waals surface area (Å²) in [5.41, 5.74) is -0.0477. The van der Waals surface area contributed by atoms with Crippen LogP contribution in [0.5, 0.6) is 0 Å². The number of rotatable bonds is 4. The van der Waals surface area contributed by atoms with E-state index in [1.807, 2.05) is 30.3 Å². The SMILES string of the molecule is O=C(N[C@]1(c2ccccc2)CCNC[C@H]1O)c1nc(-n2cnnc2)n[nH]1. The van der Waals surface area contributed by atoms with Crippen LogP contribution in [-0.2, 0) is 5.54 Å². The van der Waals surface area contributed by atoms with Gasteiger partial charge in [-0.1, -0.05) is 30.3 Å². The summed E-state index contributed by atoms with van der Waals surface area (Å²) in [6.45, 7) is 1.06. The number of amides is 1. The van der Waals surface area contributed by atoms with Gasteiger partial charge in [-0.15, -0.1) is 15.3 Å². The minimum atomic E-state index is -0.896. The fraction of sp³-hybridized carbons (Fsp3) is 0.312. The van der Waals surface area contributed by atoms with E-state index in [9.17, 15) is 9.90 Å². The molecule has 134 valence electrons. The molecular formula is C16H18N8O2. The van der Waals surface area contributed by atoms with Gasteiger partial charge in [0, 0.05) is 6.54 Å². The van der Waals surface area contributed by atoms with Gasteiger partial charge in [0.15, 0.2) is 0 Å². The van der Waals surface area contributed by atoms with Gasteiger partial charge < -0.3 is 15.7 Å². The van der Waals surface area contributed by atoms with E-state index in [0.717, 1.165) is 5.56 Å². The molecule has 0 spiro atoms. The Hall–Kier alpha value is -3.11. The fourth-order valence-electron chi connectivity index (χ4n) is 3.19. The van der Waals surface area contributed by atoms with Gasteiger partial charge in [0.1, 0.15) is 12.7 Å². The second-order valence-electron chi connectivity index (χ2n) is 6.11. The first-order valence-corrected chi connectivity index (χ1v) is 8.23. The Morgan fingerprint density at radius 2 is 2.04 bits per heavy atom. The number of aliphatic hydroxyl groups is 1. The maximum absolute atomic E-state index is 12.8. The number of hydrogen-bond donors (Lipinski definition) is 4. The van der Waals surface area contributed by atoms with Gasteiger partial charge in [0.05, 0.1) is 11.6 Å². The highest BCUT2D eigenvalue weighted by atomic mass is 16.3.